The molecule has 130 valence electrons. The zero-order valence-electron chi connectivity index (χ0n) is 13.8. The van der Waals surface area contributed by atoms with Gasteiger partial charge in [0.15, 0.2) is 12.4 Å². The van der Waals surface area contributed by atoms with Gasteiger partial charge in [-0.25, -0.2) is 4.39 Å². The van der Waals surface area contributed by atoms with E-state index in [0.29, 0.717) is 11.3 Å². The van der Waals surface area contributed by atoms with Crippen LogP contribution in [0.3, 0.4) is 0 Å². The Balaban J connectivity index is 1.76. The molecule has 0 aromatic heterocycles. The number of carbonyl (C=O) groups excluding carboxylic acids is 3. The second kappa shape index (κ2) is 8.73. The maximum atomic E-state index is 12.8. The number of hydrogen-bond donors (Lipinski definition) is 0. The lowest BCUT2D eigenvalue weighted by Crippen LogP contribution is -2.31. The van der Waals surface area contributed by atoms with Crippen molar-refractivity contribution in [2.24, 2.45) is 0 Å². The summed E-state index contributed by atoms with van der Waals surface area (Å²) in [5, 5.41) is 0. The molecular weight excluding hydrogens is 325 g/mol. The largest absolute Gasteiger partial charge is 0.456 e. The van der Waals surface area contributed by atoms with Crippen molar-refractivity contribution >= 4 is 23.3 Å². The summed E-state index contributed by atoms with van der Waals surface area (Å²) in [4.78, 5) is 36.9. The van der Waals surface area contributed by atoms with Crippen LogP contribution in [0.4, 0.5) is 10.1 Å². The lowest BCUT2D eigenvalue weighted by molar-refractivity contribution is -0.147. The number of rotatable bonds is 7. The van der Waals surface area contributed by atoms with E-state index in [0.717, 1.165) is 0 Å². The molecule has 0 bridgehead atoms. The van der Waals surface area contributed by atoms with Gasteiger partial charge in [0.25, 0.3) is 5.91 Å². The Morgan fingerprint density at radius 2 is 1.60 bits per heavy atom. The Labute approximate surface area is 145 Å². The van der Waals surface area contributed by atoms with E-state index in [1.54, 1.807) is 31.3 Å². The number of ether oxygens (including phenoxy) is 1. The maximum absolute atomic E-state index is 12.8. The minimum atomic E-state index is -0.634. The van der Waals surface area contributed by atoms with Crippen LogP contribution in [0.25, 0.3) is 0 Å². The van der Waals surface area contributed by atoms with Gasteiger partial charge < -0.3 is 9.64 Å². The number of halogens is 1. The molecule has 0 N–H and O–H groups in total. The van der Waals surface area contributed by atoms with E-state index in [-0.39, 0.29) is 24.5 Å². The summed E-state index contributed by atoms with van der Waals surface area (Å²) in [5.41, 5.74) is 1.02. The zero-order chi connectivity index (χ0) is 18.2. The van der Waals surface area contributed by atoms with E-state index in [1.165, 1.54) is 29.2 Å². The Hall–Kier alpha value is -3.02. The van der Waals surface area contributed by atoms with E-state index in [1.807, 2.05) is 6.07 Å². The number of ketones is 1. The highest BCUT2D eigenvalue weighted by Crippen LogP contribution is 2.11. The lowest BCUT2D eigenvalue weighted by Gasteiger charge is -2.17. The first-order valence-corrected chi connectivity index (χ1v) is 7.73. The number of nitrogens with zero attached hydrogens (tertiary/aromatic N) is 1. The minimum Gasteiger partial charge on any atom is -0.456 e. The molecular formula is C19H18FNO4. The van der Waals surface area contributed by atoms with Crippen LogP contribution < -0.4 is 4.90 Å². The smallest absolute Gasteiger partial charge is 0.306 e. The molecule has 25 heavy (non-hydrogen) atoms. The lowest BCUT2D eigenvalue weighted by atomic mass is 10.1. The summed E-state index contributed by atoms with van der Waals surface area (Å²) >= 11 is 0. The molecule has 0 spiro atoms. The normalized spacial score (nSPS) is 10.2. The molecule has 0 radical (unpaired) electrons. The fourth-order valence-electron chi connectivity index (χ4n) is 2.10. The van der Waals surface area contributed by atoms with Crippen molar-refractivity contribution in [1.82, 2.24) is 0 Å². The van der Waals surface area contributed by atoms with Gasteiger partial charge in [-0.3, -0.25) is 14.4 Å². The van der Waals surface area contributed by atoms with Crippen LogP contribution in [0.2, 0.25) is 0 Å². The number of likely N-dealkylation sites (N-methyl/N-ethyl adjacent to an activating group) is 1. The van der Waals surface area contributed by atoms with Crippen LogP contribution in [0.1, 0.15) is 23.2 Å². The quantitative estimate of drug-likeness (QED) is 0.573. The fourth-order valence-corrected chi connectivity index (χ4v) is 2.10. The summed E-state index contributed by atoms with van der Waals surface area (Å²) in [6, 6.07) is 14.1. The highest BCUT2D eigenvalue weighted by Gasteiger charge is 2.15. The summed E-state index contributed by atoms with van der Waals surface area (Å²) in [7, 11) is 1.59. The molecule has 0 atom stereocenters. The minimum absolute atomic E-state index is 0.0623. The maximum Gasteiger partial charge on any atom is 0.306 e. The van der Waals surface area contributed by atoms with Crippen molar-refractivity contribution in [2.75, 3.05) is 18.6 Å². The van der Waals surface area contributed by atoms with Gasteiger partial charge in [0.1, 0.15) is 5.82 Å². The number of benzene rings is 2. The van der Waals surface area contributed by atoms with E-state index in [9.17, 15) is 18.8 Å². The molecule has 0 aliphatic rings. The number of anilines is 1. The average molecular weight is 343 g/mol. The van der Waals surface area contributed by atoms with Gasteiger partial charge in [0, 0.05) is 24.7 Å². The average Bonchev–Trinajstić information content (AvgIpc) is 2.64. The van der Waals surface area contributed by atoms with Crippen LogP contribution in [-0.4, -0.2) is 31.3 Å². The molecule has 6 heteroatoms. The van der Waals surface area contributed by atoms with Gasteiger partial charge in [-0.2, -0.15) is 0 Å². The standard InChI is InChI=1S/C19H18FNO4/c1-21(16-5-3-2-4-6-16)18(23)13-25-19(24)12-11-17(22)14-7-9-15(20)10-8-14/h2-10H,11-13H2,1H3. The van der Waals surface area contributed by atoms with Crippen LogP contribution in [0, 0.1) is 5.82 Å². The van der Waals surface area contributed by atoms with Crippen molar-refractivity contribution in [3.8, 4) is 0 Å². The highest BCUT2D eigenvalue weighted by molar-refractivity contribution is 5.98. The molecule has 0 fully saturated rings. The Morgan fingerprint density at radius 1 is 0.960 bits per heavy atom. The predicted molar refractivity (Wildman–Crippen MR) is 90.8 cm³/mol. The molecule has 2 aromatic rings. The topological polar surface area (TPSA) is 63.7 Å². The van der Waals surface area contributed by atoms with Crippen molar-refractivity contribution in [3.05, 3.63) is 66.0 Å². The number of carbonyl (C=O) groups is 3. The molecule has 0 heterocycles. The fraction of sp³-hybridized carbons (Fsp3) is 0.211. The first-order valence-electron chi connectivity index (χ1n) is 7.73. The molecule has 0 saturated carbocycles. The molecule has 2 aromatic carbocycles. The highest BCUT2D eigenvalue weighted by atomic mass is 19.1. The van der Waals surface area contributed by atoms with E-state index < -0.39 is 18.4 Å². The third kappa shape index (κ3) is 5.53. The second-order valence-corrected chi connectivity index (χ2v) is 5.38. The van der Waals surface area contributed by atoms with E-state index in [4.69, 9.17) is 4.74 Å². The number of esters is 1. The molecule has 0 saturated heterocycles. The van der Waals surface area contributed by atoms with Crippen molar-refractivity contribution in [1.29, 1.82) is 0 Å². The molecule has 1 amide bonds. The molecule has 0 aliphatic carbocycles. The van der Waals surface area contributed by atoms with Gasteiger partial charge in [0.05, 0.1) is 6.42 Å². The van der Waals surface area contributed by atoms with Crippen molar-refractivity contribution in [2.45, 2.75) is 12.8 Å². The molecule has 0 aliphatic heterocycles. The summed E-state index contributed by atoms with van der Waals surface area (Å²) < 4.78 is 17.7. The van der Waals surface area contributed by atoms with Gasteiger partial charge in [0.2, 0.25) is 0 Å². The van der Waals surface area contributed by atoms with Crippen molar-refractivity contribution in [3.63, 3.8) is 0 Å². The van der Waals surface area contributed by atoms with Gasteiger partial charge in [-0.15, -0.1) is 0 Å². The molecule has 0 unspecified atom stereocenters. The van der Waals surface area contributed by atoms with E-state index >= 15 is 0 Å². The zero-order valence-corrected chi connectivity index (χ0v) is 13.8. The number of para-hydroxylation sites is 1. The van der Waals surface area contributed by atoms with Gasteiger partial charge in [-0.1, -0.05) is 18.2 Å². The third-order valence-corrected chi connectivity index (χ3v) is 3.60. The third-order valence-electron chi connectivity index (χ3n) is 3.60. The molecule has 5 nitrogen and oxygen atoms in total. The van der Waals surface area contributed by atoms with Gasteiger partial charge >= 0.3 is 5.97 Å². The van der Waals surface area contributed by atoms with Crippen LogP contribution >= 0.6 is 0 Å². The summed E-state index contributed by atoms with van der Waals surface area (Å²) in [6.45, 7) is -0.394. The van der Waals surface area contributed by atoms with Crippen LogP contribution in [0.5, 0.6) is 0 Å². The van der Waals surface area contributed by atoms with Gasteiger partial charge in [-0.05, 0) is 36.4 Å². The number of Topliss-reactive ketones (excluding diaryl/α,β-unsaturated/α-hetero) is 1. The monoisotopic (exact) mass is 343 g/mol. The predicted octanol–water partition coefficient (Wildman–Crippen LogP) is 2.99. The summed E-state index contributed by atoms with van der Waals surface area (Å²) in [5.74, 6) is -1.73. The number of hydrogen-bond acceptors (Lipinski definition) is 4. The van der Waals surface area contributed by atoms with Crippen molar-refractivity contribution < 1.29 is 23.5 Å². The molecule has 2 rings (SSSR count). The SMILES string of the molecule is CN(C(=O)COC(=O)CCC(=O)c1ccc(F)cc1)c1ccccc1. The summed E-state index contributed by atoms with van der Waals surface area (Å²) in [6.07, 6.45) is -0.203. The van der Waals surface area contributed by atoms with E-state index in [2.05, 4.69) is 0 Å². The number of amides is 1. The Morgan fingerprint density at radius 3 is 2.24 bits per heavy atom. The van der Waals surface area contributed by atoms with Crippen LogP contribution in [0.15, 0.2) is 54.6 Å². The Kier molecular flexibility index (Phi) is 6.39. The first-order chi connectivity index (χ1) is 12.0. The second-order valence-electron chi connectivity index (χ2n) is 5.38. The van der Waals surface area contributed by atoms with Crippen LogP contribution in [-0.2, 0) is 14.3 Å². The Bertz CT molecular complexity index is 744. The first kappa shape index (κ1) is 18.3.